The number of thiazole rings is 1. The van der Waals surface area contributed by atoms with Crippen molar-refractivity contribution in [3.05, 3.63) is 33.3 Å². The van der Waals surface area contributed by atoms with Crippen molar-refractivity contribution < 1.29 is 29.3 Å². The lowest BCUT2D eigenvalue weighted by atomic mass is 9.67. The molecule has 5 atom stereocenters. The van der Waals surface area contributed by atoms with Crippen molar-refractivity contribution in [3.63, 3.8) is 0 Å². The first-order chi connectivity index (χ1) is 18.7. The topological polar surface area (TPSA) is 106 Å². The summed E-state index contributed by atoms with van der Waals surface area (Å²) in [6.45, 7) is 17.1. The van der Waals surface area contributed by atoms with Crippen LogP contribution in [0, 0.1) is 36.0 Å². The largest absolute Gasteiger partial charge is 0.481 e. The summed E-state index contributed by atoms with van der Waals surface area (Å²) in [4.78, 5) is 29.0. The molecule has 1 saturated heterocycles. The van der Waals surface area contributed by atoms with Crippen LogP contribution in [0.5, 0.6) is 0 Å². The first-order valence-electron chi connectivity index (χ1n) is 14.7. The van der Waals surface area contributed by atoms with Gasteiger partial charge in [-0.15, -0.1) is 11.3 Å². The highest BCUT2D eigenvalue weighted by molar-refractivity contribution is 7.09. The molecule has 0 aliphatic carbocycles. The van der Waals surface area contributed by atoms with Crippen LogP contribution in [-0.2, 0) is 19.1 Å². The van der Waals surface area contributed by atoms with Gasteiger partial charge in [-0.2, -0.15) is 0 Å². The van der Waals surface area contributed by atoms with Crippen molar-refractivity contribution in [2.45, 2.75) is 106 Å². The summed E-state index contributed by atoms with van der Waals surface area (Å²) in [5.41, 5.74) is 2.30. The van der Waals surface area contributed by atoms with Crippen molar-refractivity contribution in [1.29, 1.82) is 0 Å². The molecule has 0 amide bonds. The van der Waals surface area contributed by atoms with E-state index in [-0.39, 0.29) is 36.2 Å². The van der Waals surface area contributed by atoms with Gasteiger partial charge in [0.2, 0.25) is 0 Å². The Hall–Kier alpha value is -1.87. The number of nitrogens with zero attached hydrogens (tertiary/aromatic N) is 1. The number of aryl methyl sites for hydroxylation is 1. The van der Waals surface area contributed by atoms with Crippen LogP contribution >= 0.6 is 11.3 Å². The van der Waals surface area contributed by atoms with E-state index in [4.69, 9.17) is 9.47 Å². The molecule has 0 spiro atoms. The van der Waals surface area contributed by atoms with Crippen LogP contribution in [-0.4, -0.2) is 52.6 Å². The number of aliphatic hydroxyl groups excluding tert-OH is 1. The third-order valence-electron chi connectivity index (χ3n) is 8.89. The number of ketones is 1. The molecule has 7 nitrogen and oxygen atoms in total. The van der Waals surface area contributed by atoms with Gasteiger partial charge >= 0.3 is 5.97 Å². The molecule has 40 heavy (non-hydrogen) atoms. The Labute approximate surface area is 245 Å². The second-order valence-electron chi connectivity index (χ2n) is 12.3. The number of aliphatic carboxylic acids is 1. The van der Waals surface area contributed by atoms with Crippen molar-refractivity contribution in [2.24, 2.45) is 29.1 Å². The zero-order chi connectivity index (χ0) is 30.0. The first-order valence-corrected chi connectivity index (χ1v) is 15.6. The number of carbonyl (C=O) groups is 2. The number of hydrogen-bond acceptors (Lipinski definition) is 7. The molecule has 1 aliphatic heterocycles. The van der Waals surface area contributed by atoms with Crippen LogP contribution in [0.3, 0.4) is 0 Å². The van der Waals surface area contributed by atoms with Gasteiger partial charge in [0.05, 0.1) is 30.0 Å². The number of hydrogen-bond donors (Lipinski definition) is 2. The summed E-state index contributed by atoms with van der Waals surface area (Å²) in [5.74, 6) is -0.587. The molecule has 1 unspecified atom stereocenters. The van der Waals surface area contributed by atoms with E-state index in [1.165, 1.54) is 5.57 Å². The Kier molecular flexibility index (Phi) is 13.7. The number of carboxylic acids is 1. The third-order valence-corrected chi connectivity index (χ3v) is 9.68. The molecule has 2 rings (SSSR count). The molecule has 1 aromatic heterocycles. The highest BCUT2D eigenvalue weighted by Gasteiger charge is 2.39. The lowest BCUT2D eigenvalue weighted by Crippen LogP contribution is -2.39. The Balaban J connectivity index is 1.97. The van der Waals surface area contributed by atoms with Crippen LogP contribution in [0.4, 0.5) is 0 Å². The second kappa shape index (κ2) is 15.9. The summed E-state index contributed by atoms with van der Waals surface area (Å²) in [5, 5.41) is 23.0. The minimum Gasteiger partial charge on any atom is -0.481 e. The van der Waals surface area contributed by atoms with Gasteiger partial charge in [0.25, 0.3) is 0 Å². The summed E-state index contributed by atoms with van der Waals surface area (Å²) in [7, 11) is 0. The average molecular weight is 578 g/mol. The quantitative estimate of drug-likeness (QED) is 0.191. The van der Waals surface area contributed by atoms with Crippen molar-refractivity contribution in [1.82, 2.24) is 4.98 Å². The van der Waals surface area contributed by atoms with Crippen molar-refractivity contribution >= 4 is 29.2 Å². The van der Waals surface area contributed by atoms with Gasteiger partial charge in [-0.3, -0.25) is 9.59 Å². The fraction of sp³-hybridized carbons (Fsp3) is 0.719. The molecule has 2 heterocycles. The normalized spacial score (nSPS) is 19.3. The van der Waals surface area contributed by atoms with E-state index in [1.807, 2.05) is 53.0 Å². The SMILES string of the molecule is C/C(=C\c1csc(C)n1)C(O)C/C=C(\CCC[C@H](C)[C@H](C)[C@@H](C)C(=O)C(C)(C)[C@@H](C)CC(=O)O)CC1OCCO1. The highest BCUT2D eigenvalue weighted by Crippen LogP contribution is 2.37. The van der Waals surface area contributed by atoms with E-state index in [9.17, 15) is 19.8 Å². The molecule has 8 heteroatoms. The zero-order valence-corrected chi connectivity index (χ0v) is 26.6. The molecule has 1 aromatic rings. The maximum absolute atomic E-state index is 13.4. The standard InChI is InChI=1S/C32H51NO6S/c1-20(23(4)24(5)31(37)32(7,8)22(3)17-29(35)36)10-9-11-26(18-30-38-14-15-39-30)12-13-28(34)21(2)16-27-19-40-25(6)33-27/h12,16,19-20,22-24,28,30,34H,9-11,13-15,17-18H2,1-8H3,(H,35,36)/b21-16+,26-12+/t20-,22-,23-,24+,28?/m0/s1. The molecule has 0 bridgehead atoms. The van der Waals surface area contributed by atoms with Crippen molar-refractivity contribution in [3.8, 4) is 0 Å². The number of Topliss-reactive ketones (excluding diaryl/α,β-unsaturated/α-hetero) is 1. The number of rotatable bonds is 17. The Morgan fingerprint density at radius 3 is 2.42 bits per heavy atom. The molecule has 226 valence electrons. The van der Waals surface area contributed by atoms with Gasteiger partial charge in [-0.05, 0) is 62.5 Å². The number of carboxylic acid groups (broad SMARTS) is 1. The molecule has 0 saturated carbocycles. The minimum atomic E-state index is -0.868. The zero-order valence-electron chi connectivity index (χ0n) is 25.7. The van der Waals surface area contributed by atoms with Crippen LogP contribution < -0.4 is 0 Å². The van der Waals surface area contributed by atoms with Crippen LogP contribution in [0.25, 0.3) is 6.08 Å². The Morgan fingerprint density at radius 2 is 1.85 bits per heavy atom. The fourth-order valence-electron chi connectivity index (χ4n) is 5.26. The number of aliphatic hydroxyl groups is 1. The van der Waals surface area contributed by atoms with Crippen molar-refractivity contribution in [2.75, 3.05) is 13.2 Å². The summed E-state index contributed by atoms with van der Waals surface area (Å²) < 4.78 is 11.4. The van der Waals surface area contributed by atoms with Gasteiger partial charge in [0.15, 0.2) is 6.29 Å². The maximum atomic E-state index is 13.4. The number of carbonyl (C=O) groups excluding carboxylic acids is 1. The first kappa shape index (κ1) is 34.3. The van der Waals surface area contributed by atoms with E-state index >= 15 is 0 Å². The summed E-state index contributed by atoms with van der Waals surface area (Å²) in [6.07, 6.45) is 7.28. The van der Waals surface area contributed by atoms with Crippen LogP contribution in [0.15, 0.2) is 22.6 Å². The molecule has 1 fully saturated rings. The van der Waals surface area contributed by atoms with E-state index in [0.29, 0.717) is 32.0 Å². The van der Waals surface area contributed by atoms with Gasteiger partial charge < -0.3 is 19.7 Å². The molecular weight excluding hydrogens is 526 g/mol. The predicted molar refractivity (Wildman–Crippen MR) is 161 cm³/mol. The predicted octanol–water partition coefficient (Wildman–Crippen LogP) is 7.08. The Morgan fingerprint density at radius 1 is 1.20 bits per heavy atom. The van der Waals surface area contributed by atoms with Gasteiger partial charge in [0.1, 0.15) is 5.78 Å². The van der Waals surface area contributed by atoms with E-state index < -0.39 is 17.5 Å². The summed E-state index contributed by atoms with van der Waals surface area (Å²) >= 11 is 1.60. The lowest BCUT2D eigenvalue weighted by molar-refractivity contribution is -0.141. The monoisotopic (exact) mass is 577 g/mol. The summed E-state index contributed by atoms with van der Waals surface area (Å²) in [6, 6.07) is 0. The Bertz CT molecular complexity index is 1020. The fourth-order valence-corrected chi connectivity index (χ4v) is 5.83. The molecule has 2 N–H and O–H groups in total. The van der Waals surface area contributed by atoms with Gasteiger partial charge in [0, 0.05) is 29.6 Å². The smallest absolute Gasteiger partial charge is 0.303 e. The third kappa shape index (κ3) is 10.5. The van der Waals surface area contributed by atoms with Gasteiger partial charge in [-0.1, -0.05) is 59.6 Å². The van der Waals surface area contributed by atoms with Gasteiger partial charge in [-0.25, -0.2) is 4.98 Å². The highest BCUT2D eigenvalue weighted by atomic mass is 32.1. The number of aromatic nitrogens is 1. The molecule has 1 aliphatic rings. The average Bonchev–Trinajstić information content (AvgIpc) is 3.56. The second-order valence-corrected chi connectivity index (χ2v) is 13.3. The van der Waals surface area contributed by atoms with E-state index in [0.717, 1.165) is 35.5 Å². The number of ether oxygens (including phenoxy) is 2. The van der Waals surface area contributed by atoms with E-state index in [1.54, 1.807) is 11.3 Å². The lowest BCUT2D eigenvalue weighted by Gasteiger charge is -2.35. The molecule has 0 radical (unpaired) electrons. The minimum absolute atomic E-state index is 0.00647. The molecule has 0 aromatic carbocycles. The molecular formula is C32H51NO6S. The van der Waals surface area contributed by atoms with E-state index in [2.05, 4.69) is 24.9 Å². The maximum Gasteiger partial charge on any atom is 0.303 e. The van der Waals surface area contributed by atoms with Crippen LogP contribution in [0.1, 0.15) is 97.7 Å². The van der Waals surface area contributed by atoms with Crippen LogP contribution in [0.2, 0.25) is 0 Å².